The molecular weight excluding hydrogens is 332 g/mol. The molecule has 2 aromatic rings. The van der Waals surface area contributed by atoms with Gasteiger partial charge in [0.15, 0.2) is 11.5 Å². The van der Waals surface area contributed by atoms with E-state index in [1.165, 1.54) is 12.0 Å². The summed E-state index contributed by atoms with van der Waals surface area (Å²) in [6.07, 6.45) is 3.16. The molecule has 1 aliphatic rings. The summed E-state index contributed by atoms with van der Waals surface area (Å²) in [5.74, 6) is 3.00. The lowest BCUT2D eigenvalue weighted by molar-refractivity contribution is 0.243. The minimum absolute atomic E-state index is 0.343. The molecule has 3 rings (SSSR count). The summed E-state index contributed by atoms with van der Waals surface area (Å²) < 4.78 is 21.9. The zero-order valence-electron chi connectivity index (χ0n) is 16.3. The van der Waals surface area contributed by atoms with Crippen molar-refractivity contribution in [1.82, 2.24) is 10.1 Å². The van der Waals surface area contributed by atoms with E-state index in [1.54, 1.807) is 21.3 Å². The van der Waals surface area contributed by atoms with Crippen molar-refractivity contribution >= 4 is 0 Å². The number of methoxy groups -OCH3 is 3. The maximum atomic E-state index is 5.53. The van der Waals surface area contributed by atoms with Crippen LogP contribution < -0.4 is 14.2 Å². The minimum Gasteiger partial charge on any atom is -0.493 e. The number of ether oxygens (including phenoxy) is 3. The van der Waals surface area contributed by atoms with Crippen LogP contribution in [0.15, 0.2) is 16.7 Å². The predicted molar refractivity (Wildman–Crippen MR) is 99.1 cm³/mol. The highest BCUT2D eigenvalue weighted by molar-refractivity contribution is 5.53. The molecule has 0 radical (unpaired) electrons. The van der Waals surface area contributed by atoms with Crippen LogP contribution in [0.25, 0.3) is 0 Å². The average Bonchev–Trinajstić information content (AvgIpc) is 3.26. The second-order valence-electron chi connectivity index (χ2n) is 6.62. The minimum atomic E-state index is 0.343. The number of hydrogen-bond donors (Lipinski definition) is 0. The summed E-state index contributed by atoms with van der Waals surface area (Å²) in [4.78, 5) is 2.49. The van der Waals surface area contributed by atoms with Gasteiger partial charge in [-0.15, -0.1) is 0 Å². The Morgan fingerprint density at radius 3 is 2.42 bits per heavy atom. The molecule has 0 amide bonds. The van der Waals surface area contributed by atoms with Gasteiger partial charge in [0.2, 0.25) is 5.75 Å². The van der Waals surface area contributed by atoms with E-state index in [0.717, 1.165) is 42.9 Å². The quantitative estimate of drug-likeness (QED) is 0.746. The number of benzene rings is 1. The fraction of sp³-hybridized carbons (Fsp3) is 0.550. The third kappa shape index (κ3) is 3.38. The van der Waals surface area contributed by atoms with E-state index in [1.807, 2.05) is 19.1 Å². The first kappa shape index (κ1) is 18.6. The molecule has 1 atom stereocenters. The van der Waals surface area contributed by atoms with Crippen LogP contribution in [-0.4, -0.2) is 37.9 Å². The Bertz CT molecular complexity index is 731. The van der Waals surface area contributed by atoms with Crippen molar-refractivity contribution in [1.29, 1.82) is 0 Å². The standard InChI is InChI=1S/C20H28N2O4/c1-6-16-19(13(2)21-26-16)15-8-7-9-22(15)12-14-10-17(23-3)20(25-5)18(11-14)24-4/h10-11,15H,6-9,12H2,1-5H3/t15-/m1/s1. The molecule has 6 nitrogen and oxygen atoms in total. The third-order valence-corrected chi connectivity index (χ3v) is 5.11. The van der Waals surface area contributed by atoms with Crippen LogP contribution >= 0.6 is 0 Å². The normalized spacial score (nSPS) is 17.5. The summed E-state index contributed by atoms with van der Waals surface area (Å²) in [6, 6.07) is 4.39. The van der Waals surface area contributed by atoms with Gasteiger partial charge in [-0.3, -0.25) is 4.90 Å². The lowest BCUT2D eigenvalue weighted by Gasteiger charge is -2.25. The highest BCUT2D eigenvalue weighted by Gasteiger charge is 2.31. The summed E-state index contributed by atoms with van der Waals surface area (Å²) in [5.41, 5.74) is 3.40. The zero-order valence-corrected chi connectivity index (χ0v) is 16.3. The molecule has 1 aromatic carbocycles. The molecule has 1 fully saturated rings. The van der Waals surface area contributed by atoms with Crippen LogP contribution in [0.1, 0.15) is 48.4 Å². The number of aromatic nitrogens is 1. The number of rotatable bonds is 7. The van der Waals surface area contributed by atoms with Gasteiger partial charge in [-0.2, -0.15) is 0 Å². The van der Waals surface area contributed by atoms with E-state index in [9.17, 15) is 0 Å². The lowest BCUT2D eigenvalue weighted by Crippen LogP contribution is -2.23. The molecule has 26 heavy (non-hydrogen) atoms. The number of likely N-dealkylation sites (tertiary alicyclic amines) is 1. The Kier molecular flexibility index (Phi) is 5.71. The molecule has 1 aliphatic heterocycles. The van der Waals surface area contributed by atoms with Gasteiger partial charge < -0.3 is 18.7 Å². The first-order valence-corrected chi connectivity index (χ1v) is 9.10. The van der Waals surface area contributed by atoms with Crippen LogP contribution in [0.2, 0.25) is 0 Å². The largest absolute Gasteiger partial charge is 0.493 e. The maximum absolute atomic E-state index is 5.53. The Labute approximate surface area is 155 Å². The average molecular weight is 360 g/mol. The Morgan fingerprint density at radius 1 is 1.15 bits per heavy atom. The third-order valence-electron chi connectivity index (χ3n) is 5.11. The Balaban J connectivity index is 1.89. The van der Waals surface area contributed by atoms with Crippen molar-refractivity contribution in [3.63, 3.8) is 0 Å². The van der Waals surface area contributed by atoms with Gasteiger partial charge in [-0.05, 0) is 44.0 Å². The topological polar surface area (TPSA) is 57.0 Å². The summed E-state index contributed by atoms with van der Waals surface area (Å²) in [7, 11) is 4.92. The molecule has 2 heterocycles. The van der Waals surface area contributed by atoms with E-state index in [-0.39, 0.29) is 0 Å². The van der Waals surface area contributed by atoms with Crippen molar-refractivity contribution < 1.29 is 18.7 Å². The molecule has 0 aliphatic carbocycles. The number of hydrogen-bond acceptors (Lipinski definition) is 6. The molecule has 6 heteroatoms. The molecule has 0 bridgehead atoms. The van der Waals surface area contributed by atoms with Crippen molar-refractivity contribution in [2.45, 2.75) is 45.7 Å². The van der Waals surface area contributed by atoms with Gasteiger partial charge in [-0.1, -0.05) is 12.1 Å². The second-order valence-corrected chi connectivity index (χ2v) is 6.62. The smallest absolute Gasteiger partial charge is 0.203 e. The van der Waals surface area contributed by atoms with E-state index in [0.29, 0.717) is 23.3 Å². The number of aryl methyl sites for hydroxylation is 2. The monoisotopic (exact) mass is 360 g/mol. The molecule has 1 saturated heterocycles. The van der Waals surface area contributed by atoms with Crippen molar-refractivity contribution in [2.75, 3.05) is 27.9 Å². The Morgan fingerprint density at radius 2 is 1.85 bits per heavy atom. The van der Waals surface area contributed by atoms with E-state index >= 15 is 0 Å². The number of nitrogens with zero attached hydrogens (tertiary/aromatic N) is 2. The summed E-state index contributed by atoms with van der Waals surface area (Å²) >= 11 is 0. The second kappa shape index (κ2) is 7.99. The maximum Gasteiger partial charge on any atom is 0.203 e. The molecular formula is C20H28N2O4. The highest BCUT2D eigenvalue weighted by atomic mass is 16.5. The van der Waals surface area contributed by atoms with E-state index < -0.39 is 0 Å². The van der Waals surface area contributed by atoms with Gasteiger partial charge in [0, 0.05) is 24.6 Å². The Hall–Kier alpha value is -2.21. The van der Waals surface area contributed by atoms with Gasteiger partial charge >= 0.3 is 0 Å². The SMILES string of the molecule is CCc1onc(C)c1[C@H]1CCCN1Cc1cc(OC)c(OC)c(OC)c1. The van der Waals surface area contributed by atoms with Crippen LogP contribution in [0.5, 0.6) is 17.2 Å². The predicted octanol–water partition coefficient (Wildman–Crippen LogP) is 3.91. The van der Waals surface area contributed by atoms with Crippen LogP contribution in [0.3, 0.4) is 0 Å². The van der Waals surface area contributed by atoms with Crippen molar-refractivity contribution in [3.8, 4) is 17.2 Å². The molecule has 1 aromatic heterocycles. The van der Waals surface area contributed by atoms with E-state index in [2.05, 4.69) is 17.0 Å². The summed E-state index contributed by atoms with van der Waals surface area (Å²) in [5, 5.41) is 4.19. The van der Waals surface area contributed by atoms with Gasteiger partial charge in [0.05, 0.1) is 27.0 Å². The van der Waals surface area contributed by atoms with Crippen LogP contribution in [0.4, 0.5) is 0 Å². The van der Waals surface area contributed by atoms with E-state index in [4.69, 9.17) is 18.7 Å². The van der Waals surface area contributed by atoms with Crippen molar-refractivity contribution in [2.24, 2.45) is 0 Å². The van der Waals surface area contributed by atoms with Gasteiger partial charge in [0.1, 0.15) is 5.76 Å². The highest BCUT2D eigenvalue weighted by Crippen LogP contribution is 2.41. The van der Waals surface area contributed by atoms with Crippen LogP contribution in [0, 0.1) is 6.92 Å². The van der Waals surface area contributed by atoms with Gasteiger partial charge in [-0.25, -0.2) is 0 Å². The molecule has 0 N–H and O–H groups in total. The van der Waals surface area contributed by atoms with Gasteiger partial charge in [0.25, 0.3) is 0 Å². The molecule has 0 spiro atoms. The first-order valence-electron chi connectivity index (χ1n) is 9.10. The lowest BCUT2D eigenvalue weighted by atomic mass is 10.0. The molecule has 142 valence electrons. The molecule has 0 unspecified atom stereocenters. The fourth-order valence-corrected chi connectivity index (χ4v) is 3.91. The first-order chi connectivity index (χ1) is 12.6. The fourth-order valence-electron chi connectivity index (χ4n) is 3.91. The summed E-state index contributed by atoms with van der Waals surface area (Å²) in [6.45, 7) is 6.01. The molecule has 0 saturated carbocycles. The van der Waals surface area contributed by atoms with Crippen LogP contribution in [-0.2, 0) is 13.0 Å². The zero-order chi connectivity index (χ0) is 18.7. The van der Waals surface area contributed by atoms with Crippen molar-refractivity contribution in [3.05, 3.63) is 34.7 Å².